The number of hydrogen-bond donors (Lipinski definition) is 2. The Bertz CT molecular complexity index is 674. The van der Waals surface area contributed by atoms with E-state index in [-0.39, 0.29) is 18.1 Å². The van der Waals surface area contributed by atoms with E-state index in [9.17, 15) is 9.59 Å². The van der Waals surface area contributed by atoms with Crippen LogP contribution in [-0.4, -0.2) is 61.2 Å². The number of ether oxygens (including phenoxy) is 1. The van der Waals surface area contributed by atoms with E-state index in [0.29, 0.717) is 31.1 Å². The van der Waals surface area contributed by atoms with Gasteiger partial charge in [0.1, 0.15) is 5.75 Å². The summed E-state index contributed by atoms with van der Waals surface area (Å²) in [7, 11) is 1.59. The number of carbonyl (C=O) groups excluding carboxylic acids is 2. The zero-order chi connectivity index (χ0) is 18.0. The largest absolute Gasteiger partial charge is 0.495 e. The Hall–Kier alpha value is -1.96. The van der Waals surface area contributed by atoms with E-state index in [1.807, 2.05) is 24.0 Å². The minimum atomic E-state index is -0.131. The van der Waals surface area contributed by atoms with Gasteiger partial charge in [0, 0.05) is 36.7 Å². The highest BCUT2D eigenvalue weighted by Crippen LogP contribution is 2.32. The van der Waals surface area contributed by atoms with E-state index in [1.165, 1.54) is 0 Å². The number of likely N-dealkylation sites (tertiary alicyclic amines) is 1. The second-order valence-electron chi connectivity index (χ2n) is 6.37. The molecular formula is C17H23BrN4O3. The molecule has 0 atom stereocenters. The lowest BCUT2D eigenvalue weighted by Gasteiger charge is -2.36. The van der Waals surface area contributed by atoms with Crippen molar-refractivity contribution in [1.29, 1.82) is 0 Å². The molecule has 0 spiro atoms. The van der Waals surface area contributed by atoms with Crippen molar-refractivity contribution in [2.24, 2.45) is 0 Å². The van der Waals surface area contributed by atoms with E-state index in [4.69, 9.17) is 4.74 Å². The second kappa shape index (κ2) is 7.51. The van der Waals surface area contributed by atoms with Gasteiger partial charge in [0.25, 0.3) is 0 Å². The van der Waals surface area contributed by atoms with Crippen molar-refractivity contribution >= 4 is 33.7 Å². The summed E-state index contributed by atoms with van der Waals surface area (Å²) in [6.45, 7) is 4.67. The first-order valence-corrected chi connectivity index (χ1v) is 9.23. The highest BCUT2D eigenvalue weighted by molar-refractivity contribution is 9.10. The van der Waals surface area contributed by atoms with Crippen LogP contribution < -0.4 is 15.4 Å². The number of benzene rings is 1. The first-order valence-electron chi connectivity index (χ1n) is 8.44. The molecule has 1 aromatic rings. The predicted octanol–water partition coefficient (Wildman–Crippen LogP) is 2.79. The lowest BCUT2D eigenvalue weighted by Crippen LogP contribution is -2.48. The molecule has 2 saturated heterocycles. The molecule has 2 fully saturated rings. The summed E-state index contributed by atoms with van der Waals surface area (Å²) < 4.78 is 6.28. The first-order chi connectivity index (χ1) is 12.0. The third kappa shape index (κ3) is 3.84. The predicted molar refractivity (Wildman–Crippen MR) is 99.1 cm³/mol. The van der Waals surface area contributed by atoms with Gasteiger partial charge in [0.15, 0.2) is 0 Å². The monoisotopic (exact) mass is 410 g/mol. The Morgan fingerprint density at radius 1 is 1.32 bits per heavy atom. The van der Waals surface area contributed by atoms with Crippen molar-refractivity contribution in [3.8, 4) is 5.75 Å². The summed E-state index contributed by atoms with van der Waals surface area (Å²) in [4.78, 5) is 28.1. The second-order valence-corrected chi connectivity index (χ2v) is 7.29. The number of hydrogen-bond acceptors (Lipinski definition) is 3. The number of piperidine rings is 1. The maximum atomic E-state index is 12.6. The van der Waals surface area contributed by atoms with Gasteiger partial charge in [-0.15, -0.1) is 0 Å². The van der Waals surface area contributed by atoms with Crippen LogP contribution in [-0.2, 0) is 0 Å². The zero-order valence-electron chi connectivity index (χ0n) is 14.5. The van der Waals surface area contributed by atoms with Crippen LogP contribution in [0.5, 0.6) is 5.75 Å². The average Bonchev–Trinajstić information content (AvgIpc) is 3.03. The fraction of sp³-hybridized carbons (Fsp3) is 0.529. The molecule has 0 radical (unpaired) electrons. The number of anilines is 1. The van der Waals surface area contributed by atoms with Gasteiger partial charge in [-0.05, 0) is 37.5 Å². The number of carbonyl (C=O) groups is 2. The molecule has 0 unspecified atom stereocenters. The van der Waals surface area contributed by atoms with E-state index in [2.05, 4.69) is 26.6 Å². The van der Waals surface area contributed by atoms with Crippen molar-refractivity contribution in [3.05, 3.63) is 22.2 Å². The van der Waals surface area contributed by atoms with Gasteiger partial charge in [-0.2, -0.15) is 0 Å². The molecule has 0 saturated carbocycles. The van der Waals surface area contributed by atoms with Crippen LogP contribution in [0.4, 0.5) is 15.3 Å². The summed E-state index contributed by atoms with van der Waals surface area (Å²) in [6.07, 6.45) is 1.61. The van der Waals surface area contributed by atoms with E-state index >= 15 is 0 Å². The Balaban J connectivity index is 1.61. The number of nitrogens with zero attached hydrogens (tertiary/aromatic N) is 2. The third-order valence-corrected chi connectivity index (χ3v) is 5.26. The zero-order valence-corrected chi connectivity index (χ0v) is 16.1. The molecular weight excluding hydrogens is 388 g/mol. The number of urea groups is 2. The molecule has 2 heterocycles. The van der Waals surface area contributed by atoms with Gasteiger partial charge in [-0.25, -0.2) is 9.59 Å². The fourth-order valence-electron chi connectivity index (χ4n) is 3.43. The van der Waals surface area contributed by atoms with Gasteiger partial charge in [0.2, 0.25) is 0 Å². The van der Waals surface area contributed by atoms with E-state index in [0.717, 1.165) is 29.4 Å². The van der Waals surface area contributed by atoms with Crippen molar-refractivity contribution in [1.82, 2.24) is 15.1 Å². The van der Waals surface area contributed by atoms with E-state index in [1.54, 1.807) is 12.0 Å². The van der Waals surface area contributed by atoms with Crippen molar-refractivity contribution in [3.63, 3.8) is 0 Å². The molecule has 2 aliphatic heterocycles. The standard InChI is InChI=1S/C17H23BrN4O3/c1-11-9-12(18)10-14(25-2)15(11)20-17(24)21-6-3-13(4-7-21)22-8-5-19-16(22)23/h9-10,13H,3-8H2,1-2H3,(H,19,23)(H,20,24). The van der Waals surface area contributed by atoms with E-state index < -0.39 is 0 Å². The number of nitrogens with one attached hydrogen (secondary N) is 2. The molecule has 7 nitrogen and oxygen atoms in total. The normalized spacial score (nSPS) is 18.3. The first kappa shape index (κ1) is 17.8. The molecule has 1 aromatic carbocycles. The summed E-state index contributed by atoms with van der Waals surface area (Å²) in [5.41, 5.74) is 1.62. The highest BCUT2D eigenvalue weighted by Gasteiger charge is 2.32. The molecule has 4 amide bonds. The molecule has 2 N–H and O–H groups in total. The molecule has 8 heteroatoms. The molecule has 136 valence electrons. The number of methoxy groups -OCH3 is 1. The third-order valence-electron chi connectivity index (χ3n) is 4.80. The molecule has 3 rings (SSSR count). The van der Waals surface area contributed by atoms with Crippen LogP contribution in [0.3, 0.4) is 0 Å². The number of rotatable bonds is 3. The maximum absolute atomic E-state index is 12.6. The summed E-state index contributed by atoms with van der Waals surface area (Å²) in [5, 5.41) is 5.80. The Morgan fingerprint density at radius 3 is 2.64 bits per heavy atom. The average molecular weight is 411 g/mol. The van der Waals surface area contributed by atoms with Gasteiger partial charge >= 0.3 is 12.1 Å². The molecule has 0 aromatic heterocycles. The minimum absolute atomic E-state index is 0.0122. The molecule has 2 aliphatic rings. The number of amides is 4. The lowest BCUT2D eigenvalue weighted by molar-refractivity contribution is 0.146. The fourth-order valence-corrected chi connectivity index (χ4v) is 3.99. The van der Waals surface area contributed by atoms with Gasteiger partial charge in [0.05, 0.1) is 12.8 Å². The Kier molecular flexibility index (Phi) is 5.36. The maximum Gasteiger partial charge on any atom is 0.321 e. The van der Waals surface area contributed by atoms with Crippen LogP contribution in [0.1, 0.15) is 18.4 Å². The summed E-state index contributed by atoms with van der Waals surface area (Å²) >= 11 is 3.43. The van der Waals surface area contributed by atoms with Gasteiger partial charge in [-0.1, -0.05) is 15.9 Å². The van der Waals surface area contributed by atoms with Gasteiger partial charge < -0.3 is 25.2 Å². The molecule has 0 aliphatic carbocycles. The highest BCUT2D eigenvalue weighted by atomic mass is 79.9. The van der Waals surface area contributed by atoms with Crippen LogP contribution in [0.25, 0.3) is 0 Å². The number of halogens is 1. The minimum Gasteiger partial charge on any atom is -0.495 e. The topological polar surface area (TPSA) is 73.9 Å². The molecule has 25 heavy (non-hydrogen) atoms. The quantitative estimate of drug-likeness (QED) is 0.804. The number of aryl methyl sites for hydroxylation is 1. The van der Waals surface area contributed by atoms with Crippen LogP contribution in [0, 0.1) is 6.92 Å². The van der Waals surface area contributed by atoms with Crippen LogP contribution in [0.15, 0.2) is 16.6 Å². The Labute approximate surface area is 155 Å². The summed E-state index contributed by atoms with van der Waals surface area (Å²) in [6, 6.07) is 3.87. The molecule has 0 bridgehead atoms. The smallest absolute Gasteiger partial charge is 0.321 e. The SMILES string of the molecule is COc1cc(Br)cc(C)c1NC(=O)N1CCC(N2CCNC2=O)CC1. The van der Waals surface area contributed by atoms with Crippen LogP contribution >= 0.6 is 15.9 Å². The Morgan fingerprint density at radius 2 is 2.04 bits per heavy atom. The van der Waals surface area contributed by atoms with Crippen molar-refractivity contribution < 1.29 is 14.3 Å². The lowest BCUT2D eigenvalue weighted by atomic mass is 10.0. The van der Waals surface area contributed by atoms with Crippen molar-refractivity contribution in [2.45, 2.75) is 25.8 Å². The van der Waals surface area contributed by atoms with Gasteiger partial charge in [-0.3, -0.25) is 0 Å². The van der Waals surface area contributed by atoms with Crippen LogP contribution in [0.2, 0.25) is 0 Å². The van der Waals surface area contributed by atoms with Crippen molar-refractivity contribution in [2.75, 3.05) is 38.6 Å². The summed E-state index contributed by atoms with van der Waals surface area (Å²) in [5.74, 6) is 0.629.